The van der Waals surface area contributed by atoms with Gasteiger partial charge in [0.05, 0.1) is 30.1 Å². The van der Waals surface area contributed by atoms with E-state index >= 15 is 0 Å². The van der Waals surface area contributed by atoms with Crippen molar-refractivity contribution in [3.63, 3.8) is 0 Å². The molecule has 2 N–H and O–H groups in total. The van der Waals surface area contributed by atoms with Gasteiger partial charge in [-0.25, -0.2) is 4.98 Å². The van der Waals surface area contributed by atoms with Gasteiger partial charge >= 0.3 is 0 Å². The van der Waals surface area contributed by atoms with E-state index in [1.54, 1.807) is 13.2 Å². The molecule has 17 heavy (non-hydrogen) atoms. The fourth-order valence-electron chi connectivity index (χ4n) is 1.53. The van der Waals surface area contributed by atoms with E-state index in [0.29, 0.717) is 11.4 Å². The Morgan fingerprint density at radius 1 is 1.41 bits per heavy atom. The van der Waals surface area contributed by atoms with Crippen molar-refractivity contribution < 1.29 is 4.74 Å². The molecule has 0 unspecified atom stereocenters. The molecule has 0 amide bonds. The second kappa shape index (κ2) is 4.54. The molecule has 1 aromatic carbocycles. The topological polar surface area (TPSA) is 71.9 Å². The molecule has 0 aliphatic rings. The Hall–Kier alpha value is -2.54. The number of methoxy groups -OCH3 is 1. The summed E-state index contributed by atoms with van der Waals surface area (Å²) in [6.45, 7) is 0. The quantitative estimate of drug-likeness (QED) is 0.794. The largest absolute Gasteiger partial charge is 0.497 e. The van der Waals surface area contributed by atoms with Crippen molar-refractivity contribution in [2.75, 3.05) is 7.11 Å². The molecule has 2 rings (SSSR count). The molecule has 0 fully saturated rings. The van der Waals surface area contributed by atoms with Gasteiger partial charge in [-0.1, -0.05) is 6.07 Å². The lowest BCUT2D eigenvalue weighted by Gasteiger charge is -2.04. The smallest absolute Gasteiger partial charge is 0.119 e. The first-order valence-electron chi connectivity index (χ1n) is 5.05. The van der Waals surface area contributed by atoms with Crippen molar-refractivity contribution >= 4 is 16.6 Å². The molecule has 4 nitrogen and oxygen atoms in total. The molecule has 0 radical (unpaired) electrons. The maximum absolute atomic E-state index is 8.53. The summed E-state index contributed by atoms with van der Waals surface area (Å²) in [4.78, 5) is 4.37. The summed E-state index contributed by atoms with van der Waals surface area (Å²) in [5, 5.41) is 9.50. The molecule has 1 aromatic heterocycles. The Morgan fingerprint density at radius 2 is 2.24 bits per heavy atom. The molecule has 0 saturated carbocycles. The predicted molar refractivity (Wildman–Crippen MR) is 66.1 cm³/mol. The monoisotopic (exact) mass is 225 g/mol. The highest BCUT2D eigenvalue weighted by Crippen LogP contribution is 2.20. The summed E-state index contributed by atoms with van der Waals surface area (Å²) in [6, 6.07) is 11.2. The van der Waals surface area contributed by atoms with Gasteiger partial charge in [0.2, 0.25) is 0 Å². The van der Waals surface area contributed by atoms with Crippen LogP contribution in [-0.2, 0) is 0 Å². The van der Waals surface area contributed by atoms with Crippen LogP contribution in [0, 0.1) is 11.3 Å². The number of nitrogens with two attached hydrogens (primary N) is 1. The van der Waals surface area contributed by atoms with Crippen LogP contribution in [0.1, 0.15) is 5.69 Å². The molecular weight excluding hydrogens is 214 g/mol. The van der Waals surface area contributed by atoms with Crippen LogP contribution in [0.3, 0.4) is 0 Å². The van der Waals surface area contributed by atoms with Gasteiger partial charge in [-0.3, -0.25) is 0 Å². The fourth-order valence-corrected chi connectivity index (χ4v) is 1.53. The third-order valence-electron chi connectivity index (χ3n) is 2.41. The van der Waals surface area contributed by atoms with Crippen molar-refractivity contribution in [1.29, 1.82) is 5.26 Å². The van der Waals surface area contributed by atoms with Crippen molar-refractivity contribution in [2.24, 2.45) is 5.73 Å². The summed E-state index contributed by atoms with van der Waals surface area (Å²) >= 11 is 0. The van der Waals surface area contributed by atoms with Crippen LogP contribution in [-0.4, -0.2) is 12.1 Å². The summed E-state index contributed by atoms with van der Waals surface area (Å²) in [6.07, 6.45) is 1.28. The third kappa shape index (κ3) is 2.18. The molecular formula is C13H11N3O. The molecule has 0 saturated heterocycles. The van der Waals surface area contributed by atoms with Crippen molar-refractivity contribution in [3.05, 3.63) is 42.1 Å². The number of hydrogen-bond acceptors (Lipinski definition) is 4. The van der Waals surface area contributed by atoms with Crippen molar-refractivity contribution in [2.45, 2.75) is 0 Å². The van der Waals surface area contributed by atoms with Gasteiger partial charge in [-0.2, -0.15) is 5.26 Å². The van der Waals surface area contributed by atoms with Crippen LogP contribution in [0.4, 0.5) is 0 Å². The molecule has 0 atom stereocenters. The van der Waals surface area contributed by atoms with E-state index in [2.05, 4.69) is 4.98 Å². The van der Waals surface area contributed by atoms with Crippen LogP contribution in [0.15, 0.2) is 36.4 Å². The van der Waals surface area contributed by atoms with Gasteiger partial charge in [0.1, 0.15) is 5.75 Å². The lowest BCUT2D eigenvalue weighted by Crippen LogP contribution is -1.98. The van der Waals surface area contributed by atoms with E-state index in [4.69, 9.17) is 15.7 Å². The molecule has 84 valence electrons. The Labute approximate surface area is 98.9 Å². The van der Waals surface area contributed by atoms with E-state index in [1.165, 1.54) is 6.08 Å². The van der Waals surface area contributed by atoms with Crippen LogP contribution >= 0.6 is 0 Å². The average Bonchev–Trinajstić information content (AvgIpc) is 2.37. The number of nitriles is 1. The van der Waals surface area contributed by atoms with Gasteiger partial charge in [0.15, 0.2) is 0 Å². The van der Waals surface area contributed by atoms with E-state index in [0.717, 1.165) is 16.7 Å². The zero-order valence-electron chi connectivity index (χ0n) is 9.34. The fraction of sp³-hybridized carbons (Fsp3) is 0.0769. The molecule has 2 aromatic rings. The lowest BCUT2D eigenvalue weighted by molar-refractivity contribution is 0.415. The van der Waals surface area contributed by atoms with Crippen LogP contribution in [0.2, 0.25) is 0 Å². The Kier molecular flexibility index (Phi) is 2.93. The molecule has 1 heterocycles. The Morgan fingerprint density at radius 3 is 2.94 bits per heavy atom. The normalized spacial score (nSPS) is 11.2. The highest BCUT2D eigenvalue weighted by Gasteiger charge is 2.02. The summed E-state index contributed by atoms with van der Waals surface area (Å²) < 4.78 is 5.13. The second-order valence-corrected chi connectivity index (χ2v) is 3.48. The lowest BCUT2D eigenvalue weighted by atomic mass is 10.1. The zero-order chi connectivity index (χ0) is 12.3. The number of benzene rings is 1. The third-order valence-corrected chi connectivity index (χ3v) is 2.41. The number of ether oxygens (including phenoxy) is 1. The average molecular weight is 225 g/mol. The van der Waals surface area contributed by atoms with Gasteiger partial charge in [-0.05, 0) is 24.3 Å². The number of aromatic nitrogens is 1. The number of rotatable bonds is 2. The molecule has 0 spiro atoms. The Bertz CT molecular complexity index is 626. The van der Waals surface area contributed by atoms with E-state index < -0.39 is 0 Å². The number of nitrogens with zero attached hydrogens (tertiary/aromatic N) is 2. The number of hydrogen-bond donors (Lipinski definition) is 1. The minimum atomic E-state index is 0.366. The SMILES string of the molecule is COc1ccc2nc(/C(N)=C/C#N)ccc2c1. The molecule has 4 heteroatoms. The first-order chi connectivity index (χ1) is 8.24. The minimum Gasteiger partial charge on any atom is -0.497 e. The molecule has 0 aliphatic carbocycles. The van der Waals surface area contributed by atoms with Crippen molar-refractivity contribution in [1.82, 2.24) is 4.98 Å². The standard InChI is InChI=1S/C13H11N3O/c1-17-10-3-5-12-9(8-10)2-4-13(16-12)11(15)6-7-14/h2-6,8H,15H2,1H3/b11-6-. The summed E-state index contributed by atoms with van der Waals surface area (Å²) in [5.74, 6) is 0.785. The zero-order valence-corrected chi connectivity index (χ0v) is 9.34. The van der Waals surface area contributed by atoms with Crippen molar-refractivity contribution in [3.8, 4) is 11.8 Å². The first kappa shape index (κ1) is 11.0. The Balaban J connectivity index is 2.53. The maximum Gasteiger partial charge on any atom is 0.119 e. The van der Waals surface area contributed by atoms with Gasteiger partial charge in [0, 0.05) is 11.5 Å². The highest BCUT2D eigenvalue weighted by molar-refractivity contribution is 5.82. The van der Waals surface area contributed by atoms with Crippen LogP contribution in [0.25, 0.3) is 16.6 Å². The number of fused-ring (bicyclic) bond motifs is 1. The maximum atomic E-state index is 8.53. The summed E-state index contributed by atoms with van der Waals surface area (Å²) in [5.41, 5.74) is 7.49. The van der Waals surface area contributed by atoms with E-state index in [1.807, 2.05) is 30.3 Å². The minimum absolute atomic E-state index is 0.366. The highest BCUT2D eigenvalue weighted by atomic mass is 16.5. The van der Waals surface area contributed by atoms with E-state index in [-0.39, 0.29) is 0 Å². The van der Waals surface area contributed by atoms with E-state index in [9.17, 15) is 0 Å². The van der Waals surface area contributed by atoms with Gasteiger partial charge in [0.25, 0.3) is 0 Å². The van der Waals surface area contributed by atoms with Crippen LogP contribution in [0.5, 0.6) is 5.75 Å². The molecule has 0 bridgehead atoms. The predicted octanol–water partition coefficient (Wildman–Crippen LogP) is 2.07. The summed E-state index contributed by atoms with van der Waals surface area (Å²) in [7, 11) is 1.62. The number of pyridine rings is 1. The number of allylic oxidation sites excluding steroid dienone is 1. The van der Waals surface area contributed by atoms with Gasteiger partial charge in [-0.15, -0.1) is 0 Å². The van der Waals surface area contributed by atoms with Crippen LogP contribution < -0.4 is 10.5 Å². The molecule has 0 aliphatic heterocycles. The first-order valence-corrected chi connectivity index (χ1v) is 5.05. The second-order valence-electron chi connectivity index (χ2n) is 3.48. The van der Waals surface area contributed by atoms with Gasteiger partial charge < -0.3 is 10.5 Å².